The molecule has 0 aliphatic carbocycles. The number of carbonyl (C=O) groups is 1. The second-order valence-corrected chi connectivity index (χ2v) is 4.01. The summed E-state index contributed by atoms with van der Waals surface area (Å²) in [6.07, 6.45) is 3.23. The lowest BCUT2D eigenvalue weighted by Gasteiger charge is -2.11. The Kier molecular flexibility index (Phi) is 5.60. The molecule has 0 radical (unpaired) electrons. The van der Waals surface area contributed by atoms with Gasteiger partial charge in [0.05, 0.1) is 6.04 Å². The maximum atomic E-state index is 13.9. The number of halogens is 2. The molecule has 3 N–H and O–H groups in total. The van der Waals surface area contributed by atoms with Crippen molar-refractivity contribution in [2.24, 2.45) is 5.73 Å². The SMILES string of the molecule is CC[C@H](N)C(=O)Nc1ccc(-n2cncn2)c(F)c1.Cl. The van der Waals surface area contributed by atoms with Gasteiger partial charge < -0.3 is 11.1 Å². The van der Waals surface area contributed by atoms with Crippen LogP contribution in [0, 0.1) is 5.82 Å². The molecule has 1 amide bonds. The summed E-state index contributed by atoms with van der Waals surface area (Å²) in [6.45, 7) is 1.80. The molecule has 108 valence electrons. The zero-order valence-electron chi connectivity index (χ0n) is 10.8. The molecule has 2 rings (SSSR count). The molecule has 20 heavy (non-hydrogen) atoms. The molecule has 0 saturated heterocycles. The van der Waals surface area contributed by atoms with E-state index >= 15 is 0 Å². The van der Waals surface area contributed by atoms with Gasteiger partial charge in [0.15, 0.2) is 5.82 Å². The number of nitrogens with one attached hydrogen (secondary N) is 1. The molecule has 0 aliphatic rings. The highest BCUT2D eigenvalue weighted by molar-refractivity contribution is 5.94. The minimum Gasteiger partial charge on any atom is -0.325 e. The third-order valence-electron chi connectivity index (χ3n) is 2.66. The van der Waals surface area contributed by atoms with E-state index in [1.807, 2.05) is 0 Å². The lowest BCUT2D eigenvalue weighted by molar-refractivity contribution is -0.117. The summed E-state index contributed by atoms with van der Waals surface area (Å²) in [4.78, 5) is 15.3. The van der Waals surface area contributed by atoms with E-state index in [0.29, 0.717) is 12.1 Å². The number of nitrogens with zero attached hydrogens (tertiary/aromatic N) is 3. The van der Waals surface area contributed by atoms with Gasteiger partial charge in [0.1, 0.15) is 18.3 Å². The highest BCUT2D eigenvalue weighted by Gasteiger charge is 2.12. The van der Waals surface area contributed by atoms with Crippen molar-refractivity contribution in [3.05, 3.63) is 36.7 Å². The first-order valence-corrected chi connectivity index (χ1v) is 5.82. The lowest BCUT2D eigenvalue weighted by Crippen LogP contribution is -2.34. The van der Waals surface area contributed by atoms with Gasteiger partial charge in [-0.2, -0.15) is 5.10 Å². The summed E-state index contributed by atoms with van der Waals surface area (Å²) in [5.74, 6) is -0.844. The summed E-state index contributed by atoms with van der Waals surface area (Å²) in [7, 11) is 0. The Bertz CT molecular complexity index is 575. The van der Waals surface area contributed by atoms with Crippen molar-refractivity contribution in [1.82, 2.24) is 14.8 Å². The number of carbonyl (C=O) groups excluding carboxylic acids is 1. The van der Waals surface area contributed by atoms with Gasteiger partial charge in [-0.3, -0.25) is 4.79 Å². The van der Waals surface area contributed by atoms with Crippen molar-refractivity contribution in [3.63, 3.8) is 0 Å². The fourth-order valence-corrected chi connectivity index (χ4v) is 1.52. The second-order valence-electron chi connectivity index (χ2n) is 4.01. The number of benzene rings is 1. The maximum Gasteiger partial charge on any atom is 0.241 e. The number of anilines is 1. The van der Waals surface area contributed by atoms with Crippen molar-refractivity contribution in [2.75, 3.05) is 5.32 Å². The molecule has 1 aromatic heterocycles. The summed E-state index contributed by atoms with van der Waals surface area (Å²) in [5, 5.41) is 6.39. The van der Waals surface area contributed by atoms with E-state index in [2.05, 4.69) is 15.4 Å². The minimum absolute atomic E-state index is 0. The third-order valence-corrected chi connectivity index (χ3v) is 2.66. The third kappa shape index (κ3) is 3.52. The molecule has 1 heterocycles. The summed E-state index contributed by atoms with van der Waals surface area (Å²) >= 11 is 0. The highest BCUT2D eigenvalue weighted by Crippen LogP contribution is 2.17. The van der Waals surface area contributed by atoms with Gasteiger partial charge in [-0.15, -0.1) is 12.4 Å². The van der Waals surface area contributed by atoms with Crippen LogP contribution in [0.15, 0.2) is 30.9 Å². The predicted molar refractivity (Wildman–Crippen MR) is 75.5 cm³/mol. The van der Waals surface area contributed by atoms with E-state index in [9.17, 15) is 9.18 Å². The van der Waals surface area contributed by atoms with Crippen LogP contribution in [0.5, 0.6) is 0 Å². The molecule has 0 fully saturated rings. The smallest absolute Gasteiger partial charge is 0.241 e. The van der Waals surface area contributed by atoms with E-state index < -0.39 is 11.9 Å². The molecule has 8 heteroatoms. The molecule has 1 aromatic carbocycles. The van der Waals surface area contributed by atoms with Crippen molar-refractivity contribution in [1.29, 1.82) is 0 Å². The van der Waals surface area contributed by atoms with Gasteiger partial charge >= 0.3 is 0 Å². The normalized spacial score (nSPS) is 11.6. The Balaban J connectivity index is 0.00000200. The van der Waals surface area contributed by atoms with Gasteiger partial charge in [0.2, 0.25) is 5.91 Å². The largest absolute Gasteiger partial charge is 0.325 e. The highest BCUT2D eigenvalue weighted by atomic mass is 35.5. The van der Waals surface area contributed by atoms with Crippen LogP contribution in [-0.2, 0) is 4.79 Å². The molecule has 1 atom stereocenters. The minimum atomic E-state index is -0.599. The number of aromatic nitrogens is 3. The van der Waals surface area contributed by atoms with Gasteiger partial charge in [-0.05, 0) is 24.6 Å². The van der Waals surface area contributed by atoms with E-state index in [-0.39, 0.29) is 24.0 Å². The van der Waals surface area contributed by atoms with Gasteiger partial charge in [0.25, 0.3) is 0 Å². The Labute approximate surface area is 121 Å². The van der Waals surface area contributed by atoms with Crippen LogP contribution in [0.25, 0.3) is 5.69 Å². The summed E-state index contributed by atoms with van der Waals surface area (Å²) in [5.41, 5.74) is 6.20. The fraction of sp³-hybridized carbons (Fsp3) is 0.250. The first-order chi connectivity index (χ1) is 9.11. The zero-order chi connectivity index (χ0) is 13.8. The van der Waals surface area contributed by atoms with E-state index in [1.54, 1.807) is 13.0 Å². The number of nitrogens with two attached hydrogens (primary N) is 1. The van der Waals surface area contributed by atoms with Crippen molar-refractivity contribution >= 4 is 24.0 Å². The molecular weight excluding hydrogens is 285 g/mol. The Morgan fingerprint density at radius 1 is 1.55 bits per heavy atom. The molecule has 6 nitrogen and oxygen atoms in total. The molecule has 0 spiro atoms. The first-order valence-electron chi connectivity index (χ1n) is 5.82. The number of amides is 1. The lowest BCUT2D eigenvalue weighted by atomic mass is 10.2. The van der Waals surface area contributed by atoms with Crippen LogP contribution in [0.2, 0.25) is 0 Å². The number of rotatable bonds is 4. The predicted octanol–water partition coefficient (Wildman–Crippen LogP) is 1.50. The molecule has 0 unspecified atom stereocenters. The standard InChI is InChI=1S/C12H14FN5O.ClH/c1-2-10(14)12(19)17-8-3-4-11(9(13)5-8)18-7-15-6-16-18;/h3-7,10H,2,14H2,1H3,(H,17,19);1H/t10-;/m0./s1. The Morgan fingerprint density at radius 3 is 2.85 bits per heavy atom. The van der Waals surface area contributed by atoms with Crippen LogP contribution >= 0.6 is 12.4 Å². The van der Waals surface area contributed by atoms with E-state index in [1.165, 1.54) is 29.5 Å². The molecule has 0 aliphatic heterocycles. The number of hydrogen-bond acceptors (Lipinski definition) is 4. The average molecular weight is 300 g/mol. The molecular formula is C12H15ClFN5O. The summed E-state index contributed by atoms with van der Waals surface area (Å²) < 4.78 is 15.2. The van der Waals surface area contributed by atoms with Gasteiger partial charge in [-0.1, -0.05) is 6.92 Å². The molecule has 2 aromatic rings. The quantitative estimate of drug-likeness (QED) is 0.896. The fourth-order valence-electron chi connectivity index (χ4n) is 1.52. The Hall–Kier alpha value is -1.99. The van der Waals surface area contributed by atoms with Crippen LogP contribution in [0.4, 0.5) is 10.1 Å². The van der Waals surface area contributed by atoms with Crippen LogP contribution in [0.1, 0.15) is 13.3 Å². The zero-order valence-corrected chi connectivity index (χ0v) is 11.6. The van der Waals surface area contributed by atoms with Crippen LogP contribution in [0.3, 0.4) is 0 Å². The van der Waals surface area contributed by atoms with Crippen LogP contribution in [-0.4, -0.2) is 26.7 Å². The Morgan fingerprint density at radius 2 is 2.30 bits per heavy atom. The maximum absolute atomic E-state index is 13.9. The van der Waals surface area contributed by atoms with Crippen LogP contribution < -0.4 is 11.1 Å². The molecule has 0 saturated carbocycles. The monoisotopic (exact) mass is 299 g/mol. The number of hydrogen-bond donors (Lipinski definition) is 2. The van der Waals surface area contributed by atoms with Crippen molar-refractivity contribution in [3.8, 4) is 5.69 Å². The summed E-state index contributed by atoms with van der Waals surface area (Å²) in [6, 6.07) is 3.72. The average Bonchev–Trinajstić information content (AvgIpc) is 2.91. The van der Waals surface area contributed by atoms with Gasteiger partial charge in [-0.25, -0.2) is 14.1 Å². The van der Waals surface area contributed by atoms with Crippen molar-refractivity contribution in [2.45, 2.75) is 19.4 Å². The van der Waals surface area contributed by atoms with Gasteiger partial charge in [0, 0.05) is 5.69 Å². The molecule has 0 bridgehead atoms. The first kappa shape index (κ1) is 16.1. The second kappa shape index (κ2) is 6.97. The van der Waals surface area contributed by atoms with E-state index in [4.69, 9.17) is 5.73 Å². The van der Waals surface area contributed by atoms with Crippen molar-refractivity contribution < 1.29 is 9.18 Å². The van der Waals surface area contributed by atoms with E-state index in [0.717, 1.165) is 0 Å². The topological polar surface area (TPSA) is 85.8 Å².